The number of amides is 1. The molecule has 0 N–H and O–H groups in total. The SMILES string of the molecule is COC(=O)CCN1Cc2c(sc3cc(OC)c(OC)c(Cl)c23)C1=O. The van der Waals surface area contributed by atoms with Crippen molar-refractivity contribution in [1.29, 1.82) is 0 Å². The molecule has 0 atom stereocenters. The van der Waals surface area contributed by atoms with E-state index in [4.69, 9.17) is 21.1 Å². The fourth-order valence-corrected chi connectivity index (χ4v) is 4.48. The van der Waals surface area contributed by atoms with E-state index in [0.29, 0.717) is 34.5 Å². The standard InChI is InChI=1S/C16H16ClNO5S/c1-21-9-6-10-12(13(17)14(9)23-3)8-7-18(5-4-11(19)22-2)16(20)15(8)24-10/h6H,4-5,7H2,1-3H3. The zero-order valence-electron chi connectivity index (χ0n) is 13.5. The van der Waals surface area contributed by atoms with Crippen molar-refractivity contribution in [2.24, 2.45) is 0 Å². The van der Waals surface area contributed by atoms with E-state index >= 15 is 0 Å². The molecule has 24 heavy (non-hydrogen) atoms. The molecular weight excluding hydrogens is 354 g/mol. The van der Waals surface area contributed by atoms with E-state index < -0.39 is 0 Å². The smallest absolute Gasteiger partial charge is 0.307 e. The van der Waals surface area contributed by atoms with Gasteiger partial charge in [-0.2, -0.15) is 0 Å². The number of halogens is 1. The zero-order chi connectivity index (χ0) is 17.4. The molecule has 0 bridgehead atoms. The monoisotopic (exact) mass is 369 g/mol. The van der Waals surface area contributed by atoms with Crippen molar-refractivity contribution in [2.75, 3.05) is 27.9 Å². The van der Waals surface area contributed by atoms with Crippen molar-refractivity contribution in [3.8, 4) is 11.5 Å². The molecular formula is C16H16ClNO5S. The number of carbonyl (C=O) groups excluding carboxylic acids is 2. The minimum atomic E-state index is -0.340. The summed E-state index contributed by atoms with van der Waals surface area (Å²) in [7, 11) is 4.40. The third-order valence-electron chi connectivity index (χ3n) is 4.01. The number of ether oxygens (including phenoxy) is 3. The van der Waals surface area contributed by atoms with Gasteiger partial charge in [0, 0.05) is 34.8 Å². The molecule has 2 heterocycles. The molecule has 0 aliphatic carbocycles. The molecule has 1 aliphatic rings. The molecule has 1 amide bonds. The highest BCUT2D eigenvalue weighted by molar-refractivity contribution is 7.21. The van der Waals surface area contributed by atoms with Gasteiger partial charge in [0.1, 0.15) is 0 Å². The number of esters is 1. The third kappa shape index (κ3) is 2.57. The minimum absolute atomic E-state index is 0.0934. The van der Waals surface area contributed by atoms with Gasteiger partial charge in [-0.25, -0.2) is 0 Å². The number of benzene rings is 1. The Bertz CT molecular complexity index is 832. The molecule has 0 spiro atoms. The second-order valence-electron chi connectivity index (χ2n) is 5.26. The highest BCUT2D eigenvalue weighted by Gasteiger charge is 2.33. The molecule has 0 unspecified atom stereocenters. The van der Waals surface area contributed by atoms with Crippen LogP contribution in [-0.2, 0) is 16.1 Å². The van der Waals surface area contributed by atoms with Crippen LogP contribution >= 0.6 is 22.9 Å². The average molecular weight is 370 g/mol. The summed E-state index contributed by atoms with van der Waals surface area (Å²) in [5.41, 5.74) is 0.871. The number of fused-ring (bicyclic) bond motifs is 3. The van der Waals surface area contributed by atoms with E-state index in [0.717, 1.165) is 15.6 Å². The summed E-state index contributed by atoms with van der Waals surface area (Å²) in [6.45, 7) is 0.736. The van der Waals surface area contributed by atoms with Gasteiger partial charge in [0.05, 0.1) is 37.6 Å². The lowest BCUT2D eigenvalue weighted by atomic mass is 10.1. The Morgan fingerprint density at radius 2 is 2.08 bits per heavy atom. The van der Waals surface area contributed by atoms with Crippen LogP contribution in [0, 0.1) is 0 Å². The van der Waals surface area contributed by atoms with Gasteiger partial charge in [0.25, 0.3) is 5.91 Å². The summed E-state index contributed by atoms with van der Waals surface area (Å²) >= 11 is 7.87. The Balaban J connectivity index is 2.00. The summed E-state index contributed by atoms with van der Waals surface area (Å²) in [5.74, 6) is 0.550. The van der Waals surface area contributed by atoms with E-state index in [1.54, 1.807) is 12.0 Å². The number of carbonyl (C=O) groups is 2. The second kappa shape index (κ2) is 6.49. The third-order valence-corrected chi connectivity index (χ3v) is 5.53. The minimum Gasteiger partial charge on any atom is -0.493 e. The number of rotatable bonds is 5. The summed E-state index contributed by atoms with van der Waals surface area (Å²) in [6, 6.07) is 1.83. The summed E-state index contributed by atoms with van der Waals surface area (Å²) in [4.78, 5) is 26.1. The van der Waals surface area contributed by atoms with Gasteiger partial charge in [-0.3, -0.25) is 9.59 Å². The Morgan fingerprint density at radius 1 is 1.33 bits per heavy atom. The summed E-state index contributed by atoms with van der Waals surface area (Å²) in [5, 5.41) is 1.25. The maximum atomic E-state index is 12.6. The van der Waals surface area contributed by atoms with Crippen molar-refractivity contribution in [3.05, 3.63) is 21.5 Å². The van der Waals surface area contributed by atoms with E-state index in [-0.39, 0.29) is 18.3 Å². The van der Waals surface area contributed by atoms with E-state index in [1.165, 1.54) is 25.6 Å². The lowest BCUT2D eigenvalue weighted by molar-refractivity contribution is -0.140. The Kier molecular flexibility index (Phi) is 4.56. The number of thiophene rings is 1. The van der Waals surface area contributed by atoms with Crippen LogP contribution in [-0.4, -0.2) is 44.7 Å². The van der Waals surface area contributed by atoms with Gasteiger partial charge >= 0.3 is 5.97 Å². The van der Waals surface area contributed by atoms with Crippen LogP contribution in [0.4, 0.5) is 0 Å². The Labute approximate surface area is 147 Å². The van der Waals surface area contributed by atoms with Gasteiger partial charge in [0.2, 0.25) is 0 Å². The van der Waals surface area contributed by atoms with Gasteiger partial charge in [-0.1, -0.05) is 11.6 Å². The molecule has 6 nitrogen and oxygen atoms in total. The van der Waals surface area contributed by atoms with E-state index in [9.17, 15) is 9.59 Å². The molecule has 0 saturated heterocycles. The first-order chi connectivity index (χ1) is 11.5. The largest absolute Gasteiger partial charge is 0.493 e. The average Bonchev–Trinajstić information content (AvgIpc) is 3.09. The van der Waals surface area contributed by atoms with Gasteiger partial charge in [-0.05, 0) is 0 Å². The highest BCUT2D eigenvalue weighted by Crippen LogP contribution is 2.48. The predicted octanol–water partition coefficient (Wildman–Crippen LogP) is 3.09. The van der Waals surface area contributed by atoms with Crippen molar-refractivity contribution in [1.82, 2.24) is 4.90 Å². The first kappa shape index (κ1) is 16.9. The van der Waals surface area contributed by atoms with Crippen molar-refractivity contribution in [2.45, 2.75) is 13.0 Å². The molecule has 1 aromatic heterocycles. The normalized spacial score (nSPS) is 13.3. The molecule has 0 fully saturated rings. The molecule has 8 heteroatoms. The van der Waals surface area contributed by atoms with E-state index in [2.05, 4.69) is 4.74 Å². The fourth-order valence-electron chi connectivity index (χ4n) is 2.81. The molecule has 128 valence electrons. The first-order valence-corrected chi connectivity index (χ1v) is 8.43. The van der Waals surface area contributed by atoms with Crippen LogP contribution < -0.4 is 9.47 Å². The quantitative estimate of drug-likeness (QED) is 0.758. The maximum absolute atomic E-state index is 12.6. The molecule has 1 aromatic carbocycles. The summed E-state index contributed by atoms with van der Waals surface area (Å²) in [6.07, 6.45) is 0.167. The van der Waals surface area contributed by atoms with E-state index in [1.807, 2.05) is 6.07 Å². The lowest BCUT2D eigenvalue weighted by Crippen LogP contribution is -2.26. The second-order valence-corrected chi connectivity index (χ2v) is 6.69. The number of hydrogen-bond acceptors (Lipinski definition) is 6. The fraction of sp³-hybridized carbons (Fsp3) is 0.375. The van der Waals surface area contributed by atoms with Crippen molar-refractivity contribution < 1.29 is 23.8 Å². The Hall–Kier alpha value is -1.99. The molecule has 0 radical (unpaired) electrons. The van der Waals surface area contributed by atoms with Crippen LogP contribution in [0.2, 0.25) is 5.02 Å². The predicted molar refractivity (Wildman–Crippen MR) is 91.3 cm³/mol. The highest BCUT2D eigenvalue weighted by atomic mass is 35.5. The number of nitrogens with zero attached hydrogens (tertiary/aromatic N) is 1. The molecule has 3 rings (SSSR count). The molecule has 0 saturated carbocycles. The lowest BCUT2D eigenvalue weighted by Gasteiger charge is -2.15. The van der Waals surface area contributed by atoms with Crippen molar-refractivity contribution in [3.63, 3.8) is 0 Å². The van der Waals surface area contributed by atoms with Crippen LogP contribution in [0.3, 0.4) is 0 Å². The number of methoxy groups -OCH3 is 3. The summed E-state index contributed by atoms with van der Waals surface area (Å²) < 4.78 is 16.1. The van der Waals surface area contributed by atoms with Gasteiger partial charge in [-0.15, -0.1) is 11.3 Å². The van der Waals surface area contributed by atoms with Crippen LogP contribution in [0.5, 0.6) is 11.5 Å². The van der Waals surface area contributed by atoms with Crippen molar-refractivity contribution >= 4 is 44.9 Å². The zero-order valence-corrected chi connectivity index (χ0v) is 15.0. The molecule has 2 aromatic rings. The maximum Gasteiger partial charge on any atom is 0.307 e. The topological polar surface area (TPSA) is 65.1 Å². The van der Waals surface area contributed by atoms with Crippen LogP contribution in [0.25, 0.3) is 10.1 Å². The first-order valence-electron chi connectivity index (χ1n) is 7.23. The Morgan fingerprint density at radius 3 is 2.71 bits per heavy atom. The van der Waals surface area contributed by atoms with Crippen LogP contribution in [0.1, 0.15) is 21.7 Å². The molecule has 1 aliphatic heterocycles. The van der Waals surface area contributed by atoms with Gasteiger partial charge in [0.15, 0.2) is 11.5 Å². The van der Waals surface area contributed by atoms with Crippen LogP contribution in [0.15, 0.2) is 6.07 Å². The number of hydrogen-bond donors (Lipinski definition) is 0. The van der Waals surface area contributed by atoms with Gasteiger partial charge < -0.3 is 19.1 Å².